The van der Waals surface area contributed by atoms with E-state index in [-0.39, 0.29) is 32.5 Å². The minimum absolute atomic E-state index is 0.0150. The SMILES string of the molecule is CN(C(=O)c1cc(S(=O)(=O)Cl)cc(Cl)c1Cl)C1CCC1. The topological polar surface area (TPSA) is 54.5 Å². The van der Waals surface area contributed by atoms with E-state index in [1.54, 1.807) is 11.9 Å². The van der Waals surface area contributed by atoms with Gasteiger partial charge in [0.25, 0.3) is 15.0 Å². The molecule has 0 N–H and O–H groups in total. The van der Waals surface area contributed by atoms with Crippen LogP contribution in [-0.2, 0) is 9.05 Å². The van der Waals surface area contributed by atoms with Gasteiger partial charge in [-0.1, -0.05) is 23.2 Å². The minimum Gasteiger partial charge on any atom is -0.339 e. The fourth-order valence-electron chi connectivity index (χ4n) is 1.99. The number of rotatable bonds is 3. The number of halogens is 3. The molecule has 1 amide bonds. The highest BCUT2D eigenvalue weighted by molar-refractivity contribution is 8.13. The number of nitrogens with zero attached hydrogens (tertiary/aromatic N) is 1. The van der Waals surface area contributed by atoms with Crippen molar-refractivity contribution in [2.75, 3.05) is 7.05 Å². The van der Waals surface area contributed by atoms with Gasteiger partial charge in [0, 0.05) is 23.8 Å². The Morgan fingerprint density at radius 1 is 1.30 bits per heavy atom. The van der Waals surface area contributed by atoms with Crippen molar-refractivity contribution in [3.05, 3.63) is 27.7 Å². The third-order valence-corrected chi connectivity index (χ3v) is 5.59. The molecule has 0 aromatic heterocycles. The van der Waals surface area contributed by atoms with Crippen molar-refractivity contribution in [3.63, 3.8) is 0 Å². The second kappa shape index (κ2) is 5.72. The molecule has 0 saturated heterocycles. The fourth-order valence-corrected chi connectivity index (χ4v) is 3.25. The Morgan fingerprint density at radius 3 is 2.35 bits per heavy atom. The number of benzene rings is 1. The molecule has 0 aliphatic heterocycles. The van der Waals surface area contributed by atoms with Gasteiger partial charge in [0.15, 0.2) is 0 Å². The third-order valence-electron chi connectivity index (χ3n) is 3.46. The molecule has 1 aliphatic carbocycles. The van der Waals surface area contributed by atoms with E-state index >= 15 is 0 Å². The number of carbonyl (C=O) groups is 1. The molecule has 0 unspecified atom stereocenters. The molecular weight excluding hydrogens is 345 g/mol. The number of hydrogen-bond donors (Lipinski definition) is 0. The summed E-state index contributed by atoms with van der Waals surface area (Å²) in [5, 5.41) is 0.0191. The summed E-state index contributed by atoms with van der Waals surface area (Å²) < 4.78 is 22.8. The average Bonchev–Trinajstić information content (AvgIpc) is 2.27. The molecule has 0 bridgehead atoms. The van der Waals surface area contributed by atoms with Gasteiger partial charge in [-0.05, 0) is 31.4 Å². The summed E-state index contributed by atoms with van der Waals surface area (Å²) >= 11 is 11.9. The van der Waals surface area contributed by atoms with Crippen LogP contribution in [0.3, 0.4) is 0 Å². The molecule has 110 valence electrons. The zero-order valence-corrected chi connectivity index (χ0v) is 13.7. The van der Waals surface area contributed by atoms with E-state index in [4.69, 9.17) is 33.9 Å². The van der Waals surface area contributed by atoms with Gasteiger partial charge in [-0.3, -0.25) is 4.79 Å². The van der Waals surface area contributed by atoms with Gasteiger partial charge in [0.2, 0.25) is 0 Å². The molecular formula is C12H12Cl3NO3S. The van der Waals surface area contributed by atoms with Crippen molar-refractivity contribution in [3.8, 4) is 0 Å². The highest BCUT2D eigenvalue weighted by atomic mass is 35.7. The van der Waals surface area contributed by atoms with E-state index in [9.17, 15) is 13.2 Å². The van der Waals surface area contributed by atoms with Crippen LogP contribution in [0.1, 0.15) is 29.6 Å². The summed E-state index contributed by atoms with van der Waals surface area (Å²) in [7, 11) is 2.97. The predicted octanol–water partition coefficient (Wildman–Crippen LogP) is 3.55. The number of hydrogen-bond acceptors (Lipinski definition) is 3. The minimum atomic E-state index is -3.98. The van der Waals surface area contributed by atoms with Crippen molar-refractivity contribution in [2.24, 2.45) is 0 Å². The second-order valence-corrected chi connectivity index (χ2v) is 8.06. The molecule has 1 aromatic rings. The zero-order valence-electron chi connectivity index (χ0n) is 10.6. The van der Waals surface area contributed by atoms with Crippen LogP contribution in [0.2, 0.25) is 10.0 Å². The number of carbonyl (C=O) groups excluding carboxylic acids is 1. The lowest BCUT2D eigenvalue weighted by atomic mass is 9.91. The van der Waals surface area contributed by atoms with E-state index < -0.39 is 9.05 Å². The van der Waals surface area contributed by atoms with Crippen LogP contribution in [-0.4, -0.2) is 32.3 Å². The molecule has 1 saturated carbocycles. The normalized spacial score (nSPS) is 15.8. The molecule has 1 aliphatic rings. The van der Waals surface area contributed by atoms with Crippen LogP contribution < -0.4 is 0 Å². The van der Waals surface area contributed by atoms with Crippen molar-refractivity contribution in [2.45, 2.75) is 30.2 Å². The van der Waals surface area contributed by atoms with Gasteiger partial charge in [-0.2, -0.15) is 0 Å². The van der Waals surface area contributed by atoms with Crippen molar-refractivity contribution in [1.29, 1.82) is 0 Å². The second-order valence-electron chi connectivity index (χ2n) is 4.71. The molecule has 0 radical (unpaired) electrons. The summed E-state index contributed by atoms with van der Waals surface area (Å²) in [6.45, 7) is 0. The van der Waals surface area contributed by atoms with Crippen LogP contribution in [0, 0.1) is 0 Å². The van der Waals surface area contributed by atoms with Gasteiger partial charge < -0.3 is 4.90 Å². The van der Waals surface area contributed by atoms with Crippen LogP contribution >= 0.6 is 33.9 Å². The standard InChI is InChI=1S/C12H12Cl3NO3S/c1-16(7-3-2-4-7)12(17)9-5-8(20(15,18)19)6-10(13)11(9)14/h5-7H,2-4H2,1H3. The van der Waals surface area contributed by atoms with E-state index in [1.807, 2.05) is 0 Å². The Morgan fingerprint density at radius 2 is 1.90 bits per heavy atom. The first-order valence-electron chi connectivity index (χ1n) is 5.92. The van der Waals surface area contributed by atoms with E-state index in [1.165, 1.54) is 0 Å². The lowest BCUT2D eigenvalue weighted by Gasteiger charge is -2.35. The van der Waals surface area contributed by atoms with E-state index in [0.717, 1.165) is 31.4 Å². The maximum absolute atomic E-state index is 12.4. The average molecular weight is 357 g/mol. The summed E-state index contributed by atoms with van der Waals surface area (Å²) in [4.78, 5) is 13.7. The first kappa shape index (κ1) is 15.9. The van der Waals surface area contributed by atoms with Gasteiger partial charge in [0.1, 0.15) is 0 Å². The first-order chi connectivity index (χ1) is 9.21. The highest BCUT2D eigenvalue weighted by Gasteiger charge is 2.29. The summed E-state index contributed by atoms with van der Waals surface area (Å²) in [5.41, 5.74) is 0.0489. The Kier molecular flexibility index (Phi) is 4.54. The quantitative estimate of drug-likeness (QED) is 0.778. The maximum Gasteiger partial charge on any atom is 0.261 e. The predicted molar refractivity (Wildman–Crippen MR) is 79.2 cm³/mol. The van der Waals surface area contributed by atoms with Gasteiger partial charge in [-0.15, -0.1) is 0 Å². The van der Waals surface area contributed by atoms with E-state index in [0.29, 0.717) is 0 Å². The fraction of sp³-hybridized carbons (Fsp3) is 0.417. The molecule has 20 heavy (non-hydrogen) atoms. The Bertz CT molecular complexity index is 656. The zero-order chi connectivity index (χ0) is 15.1. The Balaban J connectivity index is 2.44. The van der Waals surface area contributed by atoms with Crippen LogP contribution in [0.4, 0.5) is 0 Å². The van der Waals surface area contributed by atoms with Crippen LogP contribution in [0.5, 0.6) is 0 Å². The molecule has 2 rings (SSSR count). The van der Waals surface area contributed by atoms with Crippen LogP contribution in [0.15, 0.2) is 17.0 Å². The monoisotopic (exact) mass is 355 g/mol. The van der Waals surface area contributed by atoms with E-state index in [2.05, 4.69) is 0 Å². The van der Waals surface area contributed by atoms with Crippen LogP contribution in [0.25, 0.3) is 0 Å². The Hall–Kier alpha value is -0.490. The largest absolute Gasteiger partial charge is 0.339 e. The van der Waals surface area contributed by atoms with Crippen molar-refractivity contribution in [1.82, 2.24) is 4.90 Å². The Labute approximate surface area is 132 Å². The smallest absolute Gasteiger partial charge is 0.261 e. The lowest BCUT2D eigenvalue weighted by molar-refractivity contribution is 0.0652. The molecule has 0 atom stereocenters. The molecule has 0 spiro atoms. The first-order valence-corrected chi connectivity index (χ1v) is 8.99. The summed E-state index contributed by atoms with van der Waals surface area (Å²) in [6.07, 6.45) is 2.94. The molecule has 0 heterocycles. The maximum atomic E-state index is 12.4. The molecule has 8 heteroatoms. The lowest BCUT2D eigenvalue weighted by Crippen LogP contribution is -2.41. The van der Waals surface area contributed by atoms with Crippen molar-refractivity contribution >= 4 is 48.8 Å². The summed E-state index contributed by atoms with van der Waals surface area (Å²) in [5.74, 6) is -0.358. The molecule has 1 aromatic carbocycles. The van der Waals surface area contributed by atoms with Gasteiger partial charge >= 0.3 is 0 Å². The van der Waals surface area contributed by atoms with Crippen molar-refractivity contribution < 1.29 is 13.2 Å². The molecule has 1 fully saturated rings. The number of amides is 1. The van der Waals surface area contributed by atoms with Gasteiger partial charge in [0.05, 0.1) is 20.5 Å². The summed E-state index contributed by atoms with van der Waals surface area (Å²) in [6, 6.07) is 2.45. The third kappa shape index (κ3) is 3.06. The van der Waals surface area contributed by atoms with Gasteiger partial charge in [-0.25, -0.2) is 8.42 Å². The molecule has 4 nitrogen and oxygen atoms in total. The highest BCUT2D eigenvalue weighted by Crippen LogP contribution is 2.33.